The van der Waals surface area contributed by atoms with E-state index in [4.69, 9.17) is 19.4 Å². The summed E-state index contributed by atoms with van der Waals surface area (Å²) in [5.41, 5.74) is 2.27. The molecule has 0 spiro atoms. The van der Waals surface area contributed by atoms with Crippen molar-refractivity contribution in [3.8, 4) is 11.5 Å². The Labute approximate surface area is 233 Å². The zero-order valence-electron chi connectivity index (χ0n) is 23.9. The van der Waals surface area contributed by atoms with Gasteiger partial charge in [0.25, 0.3) is 0 Å². The second-order valence-electron chi connectivity index (χ2n) is 10.9. The smallest absolute Gasteiger partial charge is 0.227 e. The Morgan fingerprint density at radius 1 is 0.923 bits per heavy atom. The fraction of sp³-hybridized carbons (Fsp3) is 0.548. The van der Waals surface area contributed by atoms with Gasteiger partial charge in [-0.2, -0.15) is 4.98 Å². The number of ether oxygens (including phenoxy) is 2. The topological polar surface area (TPSA) is 66.0 Å². The number of hydrogen-bond donors (Lipinski definition) is 1. The molecule has 5 rings (SSSR count). The van der Waals surface area contributed by atoms with Crippen molar-refractivity contribution in [1.82, 2.24) is 19.8 Å². The average Bonchev–Trinajstić information content (AvgIpc) is 2.97. The van der Waals surface area contributed by atoms with E-state index in [1.807, 2.05) is 12.1 Å². The number of benzene rings is 2. The molecule has 3 heterocycles. The molecule has 1 N–H and O–H groups in total. The Morgan fingerprint density at radius 3 is 2.41 bits per heavy atom. The van der Waals surface area contributed by atoms with Crippen LogP contribution in [0, 0.1) is 0 Å². The number of piperazine rings is 1. The molecule has 0 aliphatic carbocycles. The fourth-order valence-corrected chi connectivity index (χ4v) is 5.46. The minimum Gasteiger partial charge on any atom is -0.493 e. The lowest BCUT2D eigenvalue weighted by Crippen LogP contribution is -2.45. The summed E-state index contributed by atoms with van der Waals surface area (Å²) in [7, 11) is 3.87. The minimum absolute atomic E-state index is 0.367. The maximum Gasteiger partial charge on any atom is 0.227 e. The number of rotatable bonds is 11. The number of likely N-dealkylation sites (N-methyl/N-ethyl adjacent to an activating group) is 1. The van der Waals surface area contributed by atoms with Crippen molar-refractivity contribution >= 4 is 22.7 Å². The molecule has 1 aromatic heterocycles. The minimum atomic E-state index is 0.367. The van der Waals surface area contributed by atoms with Gasteiger partial charge in [0.15, 0.2) is 11.5 Å². The Kier molecular flexibility index (Phi) is 9.37. The molecule has 0 bridgehead atoms. The maximum absolute atomic E-state index is 6.16. The lowest BCUT2D eigenvalue weighted by Gasteiger charge is -2.34. The molecule has 8 nitrogen and oxygen atoms in total. The molecule has 3 aromatic rings. The van der Waals surface area contributed by atoms with Crippen LogP contribution in [0.15, 0.2) is 42.5 Å². The highest BCUT2D eigenvalue weighted by Gasteiger charge is 2.24. The maximum atomic E-state index is 6.16. The summed E-state index contributed by atoms with van der Waals surface area (Å²) in [6, 6.07) is 15.2. The van der Waals surface area contributed by atoms with E-state index >= 15 is 0 Å². The van der Waals surface area contributed by atoms with Crippen LogP contribution in [0.5, 0.6) is 11.5 Å². The zero-order valence-corrected chi connectivity index (χ0v) is 23.9. The molecule has 2 saturated heterocycles. The predicted octanol–water partition coefficient (Wildman–Crippen LogP) is 5.04. The van der Waals surface area contributed by atoms with Crippen LogP contribution in [-0.2, 0) is 6.54 Å². The van der Waals surface area contributed by atoms with Gasteiger partial charge in [0.2, 0.25) is 5.95 Å². The van der Waals surface area contributed by atoms with Gasteiger partial charge in [-0.1, -0.05) is 50.1 Å². The van der Waals surface area contributed by atoms with Gasteiger partial charge in [0.1, 0.15) is 5.82 Å². The van der Waals surface area contributed by atoms with E-state index in [0.717, 1.165) is 106 Å². The van der Waals surface area contributed by atoms with E-state index in [-0.39, 0.29) is 0 Å². The molecule has 0 amide bonds. The Morgan fingerprint density at radius 2 is 1.69 bits per heavy atom. The highest BCUT2D eigenvalue weighted by Crippen LogP contribution is 2.36. The van der Waals surface area contributed by atoms with Crippen LogP contribution in [0.25, 0.3) is 10.9 Å². The third-order valence-electron chi connectivity index (χ3n) is 7.94. The molecule has 0 unspecified atom stereocenters. The van der Waals surface area contributed by atoms with Crippen molar-refractivity contribution < 1.29 is 9.47 Å². The molecule has 0 atom stereocenters. The van der Waals surface area contributed by atoms with E-state index in [9.17, 15) is 0 Å². The van der Waals surface area contributed by atoms with E-state index in [2.05, 4.69) is 64.3 Å². The SMILES string of the molecule is CCCCCOc1cc2nc(N3CCN(C)CC3)nc(NC3CCN(Cc4ccccc4)CC3)c2cc1OC. The van der Waals surface area contributed by atoms with Gasteiger partial charge in [0, 0.05) is 63.3 Å². The second-order valence-corrected chi connectivity index (χ2v) is 10.9. The molecule has 8 heteroatoms. The van der Waals surface area contributed by atoms with E-state index in [1.54, 1.807) is 7.11 Å². The largest absolute Gasteiger partial charge is 0.493 e. The van der Waals surface area contributed by atoms with Crippen molar-refractivity contribution in [3.05, 3.63) is 48.0 Å². The normalized spacial score (nSPS) is 17.5. The van der Waals surface area contributed by atoms with Gasteiger partial charge >= 0.3 is 0 Å². The van der Waals surface area contributed by atoms with Crippen molar-refractivity contribution in [2.45, 2.75) is 51.6 Å². The van der Waals surface area contributed by atoms with Crippen LogP contribution in [-0.4, -0.2) is 85.8 Å². The van der Waals surface area contributed by atoms with Crippen LogP contribution >= 0.6 is 0 Å². The summed E-state index contributed by atoms with van der Waals surface area (Å²) in [6.07, 6.45) is 5.52. The summed E-state index contributed by atoms with van der Waals surface area (Å²) in [5, 5.41) is 4.80. The molecule has 210 valence electrons. The van der Waals surface area contributed by atoms with Crippen molar-refractivity contribution in [1.29, 1.82) is 0 Å². The highest BCUT2D eigenvalue weighted by atomic mass is 16.5. The monoisotopic (exact) mass is 532 g/mol. The van der Waals surface area contributed by atoms with E-state index in [0.29, 0.717) is 12.6 Å². The predicted molar refractivity (Wildman–Crippen MR) is 159 cm³/mol. The van der Waals surface area contributed by atoms with Crippen LogP contribution in [0.2, 0.25) is 0 Å². The number of fused-ring (bicyclic) bond motifs is 1. The van der Waals surface area contributed by atoms with E-state index < -0.39 is 0 Å². The first-order valence-electron chi connectivity index (χ1n) is 14.6. The summed E-state index contributed by atoms with van der Waals surface area (Å²) >= 11 is 0. The number of hydrogen-bond acceptors (Lipinski definition) is 8. The molecular weight excluding hydrogens is 488 g/mol. The van der Waals surface area contributed by atoms with Crippen molar-refractivity contribution in [3.63, 3.8) is 0 Å². The molecular formula is C31H44N6O2. The number of anilines is 2. The van der Waals surface area contributed by atoms with Gasteiger partial charge in [-0.25, -0.2) is 4.98 Å². The first-order chi connectivity index (χ1) is 19.1. The zero-order chi connectivity index (χ0) is 27.0. The summed E-state index contributed by atoms with van der Waals surface area (Å²) in [4.78, 5) is 17.3. The first kappa shape index (κ1) is 27.5. The molecule has 0 radical (unpaired) electrons. The fourth-order valence-electron chi connectivity index (χ4n) is 5.46. The highest BCUT2D eigenvalue weighted by molar-refractivity contribution is 5.93. The second kappa shape index (κ2) is 13.3. The van der Waals surface area contributed by atoms with Crippen LogP contribution in [0.4, 0.5) is 11.8 Å². The van der Waals surface area contributed by atoms with Crippen LogP contribution < -0.4 is 19.7 Å². The number of methoxy groups -OCH3 is 1. The molecule has 2 aliphatic heterocycles. The number of aromatic nitrogens is 2. The first-order valence-corrected chi connectivity index (χ1v) is 14.6. The Bertz CT molecular complexity index is 1190. The van der Waals surface area contributed by atoms with Gasteiger partial charge in [0.05, 0.1) is 19.2 Å². The molecule has 2 aliphatic rings. The van der Waals surface area contributed by atoms with Gasteiger partial charge < -0.3 is 24.6 Å². The third kappa shape index (κ3) is 7.11. The van der Waals surface area contributed by atoms with Crippen molar-refractivity contribution in [2.75, 3.05) is 70.2 Å². The summed E-state index contributed by atoms with van der Waals surface area (Å²) in [5.74, 6) is 3.17. The summed E-state index contributed by atoms with van der Waals surface area (Å²) < 4.78 is 11.9. The number of piperidine rings is 1. The lowest BCUT2D eigenvalue weighted by atomic mass is 10.0. The van der Waals surface area contributed by atoms with E-state index in [1.165, 1.54) is 12.0 Å². The quantitative estimate of drug-likeness (QED) is 0.345. The Hall–Kier alpha value is -3.10. The van der Waals surface area contributed by atoms with Crippen molar-refractivity contribution in [2.24, 2.45) is 0 Å². The Balaban J connectivity index is 1.37. The standard InChI is InChI=1S/C31H44N6O2/c1-4-5-9-20-39-29-22-27-26(21-28(29)38-3)30(34-31(33-27)37-18-16-35(2)17-19-37)32-25-12-14-36(15-13-25)23-24-10-7-6-8-11-24/h6-8,10-11,21-22,25H,4-5,9,12-20,23H2,1-3H3,(H,32,33,34). The molecule has 0 saturated carbocycles. The number of likely N-dealkylation sites (tertiary alicyclic amines) is 1. The van der Waals surface area contributed by atoms with Gasteiger partial charge in [-0.15, -0.1) is 0 Å². The van der Waals surface area contributed by atoms with Crippen LogP contribution in [0.1, 0.15) is 44.6 Å². The molecule has 39 heavy (non-hydrogen) atoms. The van der Waals surface area contributed by atoms with Gasteiger partial charge in [-0.05, 0) is 37.9 Å². The number of nitrogens with zero attached hydrogens (tertiary/aromatic N) is 5. The number of unbranched alkanes of at least 4 members (excludes halogenated alkanes) is 2. The third-order valence-corrected chi connectivity index (χ3v) is 7.94. The average molecular weight is 533 g/mol. The number of nitrogens with one attached hydrogen (secondary N) is 1. The molecule has 2 aromatic carbocycles. The van der Waals surface area contributed by atoms with Crippen LogP contribution in [0.3, 0.4) is 0 Å². The summed E-state index contributed by atoms with van der Waals surface area (Å²) in [6.45, 7) is 9.91. The van der Waals surface area contributed by atoms with Gasteiger partial charge in [-0.3, -0.25) is 4.90 Å². The molecule has 2 fully saturated rings. The lowest BCUT2D eigenvalue weighted by molar-refractivity contribution is 0.211.